The van der Waals surface area contributed by atoms with Crippen molar-refractivity contribution in [3.05, 3.63) is 11.1 Å². The molecule has 0 atom stereocenters. The van der Waals surface area contributed by atoms with Crippen LogP contribution < -0.4 is 0 Å². The Hall–Kier alpha value is -0.573. The van der Waals surface area contributed by atoms with Gasteiger partial charge in [-0.05, 0) is 20.3 Å². The predicted molar refractivity (Wildman–Crippen MR) is 44.7 cm³/mol. The van der Waals surface area contributed by atoms with E-state index in [1.807, 2.05) is 20.8 Å². The van der Waals surface area contributed by atoms with E-state index in [1.165, 1.54) is 0 Å². The molecule has 0 heterocycles. The van der Waals surface area contributed by atoms with E-state index in [-0.39, 0.29) is 5.97 Å². The van der Waals surface area contributed by atoms with Crippen LogP contribution in [0.3, 0.4) is 0 Å². The normalized spacial score (nSPS) is 9.10. The highest BCUT2D eigenvalue weighted by Crippen LogP contribution is 2.08. The molecule has 10 heavy (non-hydrogen) atoms. The van der Waals surface area contributed by atoms with Crippen molar-refractivity contribution in [1.29, 1.82) is 0 Å². The van der Waals surface area contributed by atoms with Crippen LogP contribution in [0.25, 0.3) is 0 Å². The Morgan fingerprint density at radius 2 is 2.00 bits per heavy atom. The van der Waals surface area contributed by atoms with E-state index >= 15 is 0 Å². The Morgan fingerprint density at radius 3 is 2.10 bits per heavy atom. The van der Waals surface area contributed by atoms with Crippen molar-refractivity contribution >= 4 is 16.5 Å². The molecule has 0 saturated heterocycles. The molecule has 0 aromatic rings. The van der Waals surface area contributed by atoms with E-state index < -0.39 is 0 Å². The van der Waals surface area contributed by atoms with Crippen molar-refractivity contribution in [2.45, 2.75) is 27.2 Å². The molecule has 0 saturated carbocycles. The fourth-order valence-electron chi connectivity index (χ4n) is 0.825. The number of hydrogen-bond donors (Lipinski definition) is 0. The highest BCUT2D eigenvalue weighted by atomic mass is 28.2. The maximum atomic E-state index is 10.9. The zero-order valence-corrected chi connectivity index (χ0v) is 9.02. The van der Waals surface area contributed by atoms with Crippen molar-refractivity contribution in [2.75, 3.05) is 0 Å². The number of allylic oxidation sites excluding steroid dienone is 1. The van der Waals surface area contributed by atoms with Gasteiger partial charge in [-0.15, -0.1) is 0 Å². The molecule has 0 aromatic carbocycles. The van der Waals surface area contributed by atoms with Crippen LogP contribution in [0.15, 0.2) is 11.1 Å². The van der Waals surface area contributed by atoms with Crippen molar-refractivity contribution in [3.8, 4) is 0 Å². The Bertz CT molecular complexity index is 157. The molecule has 0 fully saturated rings. The summed E-state index contributed by atoms with van der Waals surface area (Å²) in [7, 11) is 0.487. The van der Waals surface area contributed by atoms with E-state index in [2.05, 4.69) is 0 Å². The SMILES string of the molecule is CCC(C(=O)O[SiH3])=C(C)C. The lowest BCUT2D eigenvalue weighted by Gasteiger charge is -2.03. The molecule has 2 nitrogen and oxygen atoms in total. The first-order valence-electron chi connectivity index (χ1n) is 3.38. The molecule has 58 valence electrons. The number of hydrogen-bond acceptors (Lipinski definition) is 2. The Morgan fingerprint density at radius 1 is 1.50 bits per heavy atom. The maximum Gasteiger partial charge on any atom is 0.319 e. The molecule has 0 spiro atoms. The van der Waals surface area contributed by atoms with Gasteiger partial charge in [-0.1, -0.05) is 12.5 Å². The topological polar surface area (TPSA) is 26.3 Å². The van der Waals surface area contributed by atoms with Gasteiger partial charge >= 0.3 is 5.97 Å². The highest BCUT2D eigenvalue weighted by molar-refractivity contribution is 6.09. The smallest absolute Gasteiger partial charge is 0.319 e. The second-order valence-electron chi connectivity index (χ2n) is 2.32. The minimum Gasteiger partial charge on any atom is -0.525 e. The van der Waals surface area contributed by atoms with E-state index in [9.17, 15) is 4.79 Å². The molecule has 0 unspecified atom stereocenters. The lowest BCUT2D eigenvalue weighted by Crippen LogP contribution is -2.06. The number of carbonyl (C=O) groups excluding carboxylic acids is 1. The predicted octanol–water partition coefficient (Wildman–Crippen LogP) is 0.556. The molecule has 0 aliphatic heterocycles. The van der Waals surface area contributed by atoms with Crippen LogP contribution in [0.5, 0.6) is 0 Å². The fourth-order valence-corrected chi connectivity index (χ4v) is 1.07. The monoisotopic (exact) mass is 158 g/mol. The first-order valence-corrected chi connectivity index (χ1v) is 4.19. The van der Waals surface area contributed by atoms with Gasteiger partial charge in [0.1, 0.15) is 0 Å². The minimum absolute atomic E-state index is 0.144. The summed E-state index contributed by atoms with van der Waals surface area (Å²) < 4.78 is 4.71. The van der Waals surface area contributed by atoms with Gasteiger partial charge in [-0.2, -0.15) is 0 Å². The van der Waals surface area contributed by atoms with E-state index in [1.54, 1.807) is 0 Å². The zero-order valence-electron chi connectivity index (χ0n) is 7.02. The summed E-state index contributed by atoms with van der Waals surface area (Å²) in [6.07, 6.45) is 0.767. The summed E-state index contributed by atoms with van der Waals surface area (Å²) in [5.41, 5.74) is 1.87. The van der Waals surface area contributed by atoms with Crippen LogP contribution >= 0.6 is 0 Å². The molecule has 0 aliphatic rings. The second-order valence-corrected chi connectivity index (χ2v) is 2.73. The summed E-state index contributed by atoms with van der Waals surface area (Å²) in [5, 5.41) is 0. The van der Waals surface area contributed by atoms with Crippen LogP contribution in [-0.4, -0.2) is 16.5 Å². The van der Waals surface area contributed by atoms with Gasteiger partial charge in [-0.25, -0.2) is 4.79 Å². The maximum absolute atomic E-state index is 10.9. The van der Waals surface area contributed by atoms with E-state index in [4.69, 9.17) is 4.43 Å². The van der Waals surface area contributed by atoms with Crippen LogP contribution in [0.1, 0.15) is 27.2 Å². The van der Waals surface area contributed by atoms with Gasteiger partial charge in [0.2, 0.25) is 10.5 Å². The molecule has 0 bridgehead atoms. The van der Waals surface area contributed by atoms with Crippen LogP contribution in [0.2, 0.25) is 0 Å². The summed E-state index contributed by atoms with van der Waals surface area (Å²) in [6, 6.07) is 0. The minimum atomic E-state index is -0.144. The van der Waals surface area contributed by atoms with Gasteiger partial charge in [0.15, 0.2) is 0 Å². The molecule has 3 heteroatoms. The summed E-state index contributed by atoms with van der Waals surface area (Å²) in [5.74, 6) is -0.144. The van der Waals surface area contributed by atoms with Crippen molar-refractivity contribution in [1.82, 2.24) is 0 Å². The third kappa shape index (κ3) is 2.35. The third-order valence-corrected chi connectivity index (χ3v) is 1.76. The average Bonchev–Trinajstić information content (AvgIpc) is 1.88. The average molecular weight is 158 g/mol. The van der Waals surface area contributed by atoms with Crippen molar-refractivity contribution in [3.63, 3.8) is 0 Å². The van der Waals surface area contributed by atoms with Gasteiger partial charge in [0.05, 0.1) is 0 Å². The van der Waals surface area contributed by atoms with Crippen LogP contribution in [0.4, 0.5) is 0 Å². The van der Waals surface area contributed by atoms with Crippen LogP contribution in [0, 0.1) is 0 Å². The number of rotatable bonds is 2. The van der Waals surface area contributed by atoms with Gasteiger partial charge in [0.25, 0.3) is 0 Å². The van der Waals surface area contributed by atoms with E-state index in [0.717, 1.165) is 17.6 Å². The summed E-state index contributed by atoms with van der Waals surface area (Å²) in [6.45, 7) is 5.81. The molecule has 0 radical (unpaired) electrons. The lowest BCUT2D eigenvalue weighted by atomic mass is 10.1. The molecule has 0 rings (SSSR count). The second kappa shape index (κ2) is 4.28. The van der Waals surface area contributed by atoms with E-state index in [0.29, 0.717) is 10.5 Å². The Labute approximate surface area is 64.8 Å². The Kier molecular flexibility index (Phi) is 4.03. The largest absolute Gasteiger partial charge is 0.525 e. The highest BCUT2D eigenvalue weighted by Gasteiger charge is 2.06. The van der Waals surface area contributed by atoms with Crippen molar-refractivity contribution in [2.24, 2.45) is 0 Å². The van der Waals surface area contributed by atoms with Crippen LogP contribution in [-0.2, 0) is 9.22 Å². The summed E-state index contributed by atoms with van der Waals surface area (Å²) in [4.78, 5) is 10.9. The standard InChI is InChI=1S/C7H14O2Si/c1-4-6(5(2)3)7(8)9-10/h4H2,1-3,10H3. The molecule has 0 aliphatic carbocycles. The first kappa shape index (κ1) is 9.43. The first-order chi connectivity index (χ1) is 4.63. The molecule has 0 aromatic heterocycles. The zero-order chi connectivity index (χ0) is 8.15. The molecule has 0 amide bonds. The lowest BCUT2D eigenvalue weighted by molar-refractivity contribution is -0.130. The molecular formula is C7H14O2Si. The van der Waals surface area contributed by atoms with Gasteiger partial charge in [0, 0.05) is 5.57 Å². The third-order valence-electron chi connectivity index (χ3n) is 1.39. The number of carbonyl (C=O) groups is 1. The summed E-state index contributed by atoms with van der Waals surface area (Å²) >= 11 is 0. The van der Waals surface area contributed by atoms with Gasteiger partial charge < -0.3 is 4.43 Å². The van der Waals surface area contributed by atoms with Gasteiger partial charge in [-0.3, -0.25) is 0 Å². The Balaban J connectivity index is 4.37. The van der Waals surface area contributed by atoms with Crippen molar-refractivity contribution < 1.29 is 9.22 Å². The molecular weight excluding hydrogens is 144 g/mol. The fraction of sp³-hybridized carbons (Fsp3) is 0.571. The quantitative estimate of drug-likeness (QED) is 0.433. The molecule has 0 N–H and O–H groups in total.